The monoisotopic (exact) mass is 276 g/mol. The van der Waals surface area contributed by atoms with Crippen LogP contribution in [-0.4, -0.2) is 0 Å². The first-order chi connectivity index (χ1) is 7.57. The summed E-state index contributed by atoms with van der Waals surface area (Å²) in [6.45, 7) is 4.21. The number of rotatable bonds is 4. The molecule has 0 fully saturated rings. The molecule has 0 aliphatic heterocycles. The molecule has 0 saturated heterocycles. The molecule has 0 bridgehead atoms. The number of allylic oxidation sites excluding steroid dienone is 2. The highest BCUT2D eigenvalue weighted by Gasteiger charge is 2.14. The van der Waals surface area contributed by atoms with Gasteiger partial charge in [-0.3, -0.25) is 0 Å². The van der Waals surface area contributed by atoms with Crippen molar-refractivity contribution in [2.75, 3.05) is 0 Å². The summed E-state index contributed by atoms with van der Waals surface area (Å²) >= 11 is 18.3. The highest BCUT2D eigenvalue weighted by atomic mass is 35.5. The second kappa shape index (κ2) is 6.54. The van der Waals surface area contributed by atoms with E-state index in [9.17, 15) is 0 Å². The van der Waals surface area contributed by atoms with Crippen LogP contribution in [0.15, 0.2) is 24.3 Å². The summed E-state index contributed by atoms with van der Waals surface area (Å²) < 4.78 is 0. The summed E-state index contributed by atoms with van der Waals surface area (Å²) in [5.74, 6) is 0.279. The van der Waals surface area contributed by atoms with Gasteiger partial charge in [-0.25, -0.2) is 0 Å². The molecular formula is C13H15Cl3. The lowest BCUT2D eigenvalue weighted by Gasteiger charge is -2.14. The lowest BCUT2D eigenvalue weighted by atomic mass is 9.97. The van der Waals surface area contributed by atoms with E-state index in [1.807, 2.05) is 0 Å². The van der Waals surface area contributed by atoms with Crippen LogP contribution in [0.2, 0.25) is 15.1 Å². The third-order valence-corrected chi connectivity index (χ3v) is 3.61. The Labute approximate surface area is 112 Å². The Morgan fingerprint density at radius 2 is 1.75 bits per heavy atom. The Morgan fingerprint density at radius 1 is 1.12 bits per heavy atom. The van der Waals surface area contributed by atoms with Gasteiger partial charge in [-0.2, -0.15) is 0 Å². The van der Waals surface area contributed by atoms with Gasteiger partial charge < -0.3 is 0 Å². The van der Waals surface area contributed by atoms with E-state index >= 15 is 0 Å². The van der Waals surface area contributed by atoms with E-state index in [1.54, 1.807) is 12.1 Å². The molecule has 0 aliphatic rings. The van der Waals surface area contributed by atoms with Crippen LogP contribution in [0.25, 0.3) is 0 Å². The molecule has 0 spiro atoms. The van der Waals surface area contributed by atoms with Crippen molar-refractivity contribution in [1.82, 2.24) is 0 Å². The van der Waals surface area contributed by atoms with Gasteiger partial charge in [0.25, 0.3) is 0 Å². The minimum Gasteiger partial charge on any atom is -0.0888 e. The van der Waals surface area contributed by atoms with E-state index in [-0.39, 0.29) is 5.92 Å². The lowest BCUT2D eigenvalue weighted by molar-refractivity contribution is 0.779. The summed E-state index contributed by atoms with van der Waals surface area (Å²) in [5, 5.41) is 1.82. The van der Waals surface area contributed by atoms with Gasteiger partial charge in [-0.15, -0.1) is 0 Å². The zero-order chi connectivity index (χ0) is 12.1. The molecular weight excluding hydrogens is 263 g/mol. The molecule has 1 unspecified atom stereocenters. The maximum atomic E-state index is 6.17. The maximum Gasteiger partial charge on any atom is 0.0641 e. The van der Waals surface area contributed by atoms with Gasteiger partial charge in [0.1, 0.15) is 0 Å². The van der Waals surface area contributed by atoms with Crippen LogP contribution in [0.4, 0.5) is 0 Å². The minimum atomic E-state index is 0.279. The first kappa shape index (κ1) is 13.9. The summed E-state index contributed by atoms with van der Waals surface area (Å²) in [7, 11) is 0. The smallest absolute Gasteiger partial charge is 0.0641 e. The van der Waals surface area contributed by atoms with Gasteiger partial charge >= 0.3 is 0 Å². The van der Waals surface area contributed by atoms with Crippen LogP contribution in [0.3, 0.4) is 0 Å². The normalized spacial score (nSPS) is 13.3. The van der Waals surface area contributed by atoms with E-state index in [2.05, 4.69) is 26.0 Å². The predicted octanol–water partition coefficient (Wildman–Crippen LogP) is 6.11. The third-order valence-electron chi connectivity index (χ3n) is 2.46. The van der Waals surface area contributed by atoms with Crippen LogP contribution >= 0.6 is 34.8 Å². The molecule has 88 valence electrons. The van der Waals surface area contributed by atoms with Crippen LogP contribution in [-0.2, 0) is 0 Å². The molecule has 0 heterocycles. The van der Waals surface area contributed by atoms with Crippen molar-refractivity contribution in [1.29, 1.82) is 0 Å². The first-order valence-electron chi connectivity index (χ1n) is 5.36. The quantitative estimate of drug-likeness (QED) is 0.460. The van der Waals surface area contributed by atoms with E-state index in [1.165, 1.54) is 0 Å². The largest absolute Gasteiger partial charge is 0.0888 e. The third kappa shape index (κ3) is 3.41. The van der Waals surface area contributed by atoms with Crippen molar-refractivity contribution in [3.8, 4) is 0 Å². The fourth-order valence-corrected chi connectivity index (χ4v) is 2.49. The molecule has 1 rings (SSSR count). The van der Waals surface area contributed by atoms with Gasteiger partial charge in [0.05, 0.1) is 10.0 Å². The summed E-state index contributed by atoms with van der Waals surface area (Å²) in [6.07, 6.45) is 6.26. The molecule has 3 heteroatoms. The predicted molar refractivity (Wildman–Crippen MR) is 73.9 cm³/mol. The van der Waals surface area contributed by atoms with E-state index in [4.69, 9.17) is 34.8 Å². The Bertz CT molecular complexity index is 383. The zero-order valence-electron chi connectivity index (χ0n) is 9.43. The van der Waals surface area contributed by atoms with Gasteiger partial charge in [-0.1, -0.05) is 60.8 Å². The van der Waals surface area contributed by atoms with E-state index in [0.717, 1.165) is 18.4 Å². The average Bonchev–Trinajstić information content (AvgIpc) is 2.24. The average molecular weight is 278 g/mol. The van der Waals surface area contributed by atoms with Crippen molar-refractivity contribution in [2.24, 2.45) is 0 Å². The topological polar surface area (TPSA) is 0 Å². The van der Waals surface area contributed by atoms with Gasteiger partial charge in [-0.05, 0) is 36.5 Å². The number of hydrogen-bond acceptors (Lipinski definition) is 0. The first-order valence-corrected chi connectivity index (χ1v) is 6.49. The SMILES string of the molecule is CC/C=C\CC(C)c1c(Cl)ccc(Cl)c1Cl. The molecule has 1 aromatic rings. The van der Waals surface area contributed by atoms with Crippen molar-refractivity contribution in [2.45, 2.75) is 32.6 Å². The molecule has 0 aliphatic carbocycles. The number of hydrogen-bond donors (Lipinski definition) is 0. The van der Waals surface area contributed by atoms with Gasteiger partial charge in [0, 0.05) is 5.02 Å². The molecule has 0 nitrogen and oxygen atoms in total. The Morgan fingerprint density at radius 3 is 2.38 bits per heavy atom. The molecule has 0 radical (unpaired) electrons. The lowest BCUT2D eigenvalue weighted by Crippen LogP contribution is -1.95. The fraction of sp³-hybridized carbons (Fsp3) is 0.385. The van der Waals surface area contributed by atoms with E-state index in [0.29, 0.717) is 15.1 Å². The molecule has 0 amide bonds. The highest BCUT2D eigenvalue weighted by Crippen LogP contribution is 2.37. The highest BCUT2D eigenvalue weighted by molar-refractivity contribution is 6.44. The summed E-state index contributed by atoms with van der Waals surface area (Å²) in [4.78, 5) is 0. The number of halogens is 3. The Hall–Kier alpha value is -0.170. The fourth-order valence-electron chi connectivity index (χ4n) is 1.58. The molecule has 0 N–H and O–H groups in total. The van der Waals surface area contributed by atoms with Crippen molar-refractivity contribution >= 4 is 34.8 Å². The van der Waals surface area contributed by atoms with Gasteiger partial charge in [0.2, 0.25) is 0 Å². The molecule has 16 heavy (non-hydrogen) atoms. The second-order valence-electron chi connectivity index (χ2n) is 3.77. The van der Waals surface area contributed by atoms with Crippen molar-refractivity contribution in [3.05, 3.63) is 44.9 Å². The van der Waals surface area contributed by atoms with Crippen LogP contribution in [0.1, 0.15) is 38.2 Å². The summed E-state index contributed by atoms with van der Waals surface area (Å²) in [6, 6.07) is 3.52. The Balaban J connectivity index is 2.94. The second-order valence-corrected chi connectivity index (χ2v) is 4.97. The zero-order valence-corrected chi connectivity index (χ0v) is 11.7. The van der Waals surface area contributed by atoms with E-state index < -0.39 is 0 Å². The summed E-state index contributed by atoms with van der Waals surface area (Å²) in [5.41, 5.74) is 0.941. The molecule has 1 aromatic carbocycles. The molecule has 0 saturated carbocycles. The maximum absolute atomic E-state index is 6.17. The number of benzene rings is 1. The minimum absolute atomic E-state index is 0.279. The molecule has 0 aromatic heterocycles. The van der Waals surface area contributed by atoms with Crippen molar-refractivity contribution < 1.29 is 0 Å². The standard InChI is InChI=1S/C13H15Cl3/c1-3-4-5-6-9(2)12-10(14)7-8-11(15)13(12)16/h4-5,7-9H,3,6H2,1-2H3/b5-4-. The van der Waals surface area contributed by atoms with Crippen LogP contribution in [0, 0.1) is 0 Å². The van der Waals surface area contributed by atoms with Crippen LogP contribution < -0.4 is 0 Å². The van der Waals surface area contributed by atoms with Crippen LogP contribution in [0.5, 0.6) is 0 Å². The van der Waals surface area contributed by atoms with Gasteiger partial charge in [0.15, 0.2) is 0 Å². The van der Waals surface area contributed by atoms with Crippen molar-refractivity contribution in [3.63, 3.8) is 0 Å². The molecule has 1 atom stereocenters. The Kier molecular flexibility index (Phi) is 5.68.